The van der Waals surface area contributed by atoms with E-state index in [0.29, 0.717) is 13.0 Å². The van der Waals surface area contributed by atoms with Crippen molar-refractivity contribution in [1.82, 2.24) is 25.1 Å². The molecule has 33 heavy (non-hydrogen) atoms. The molecule has 0 spiro atoms. The van der Waals surface area contributed by atoms with E-state index in [0.717, 1.165) is 24.8 Å². The van der Waals surface area contributed by atoms with Gasteiger partial charge in [0.15, 0.2) is 0 Å². The molecule has 8 heteroatoms. The number of piperazine rings is 1. The Morgan fingerprint density at radius 3 is 2.48 bits per heavy atom. The van der Waals surface area contributed by atoms with Gasteiger partial charge < -0.3 is 15.1 Å². The van der Waals surface area contributed by atoms with E-state index >= 15 is 0 Å². The number of hydrogen-bond acceptors (Lipinski definition) is 4. The lowest BCUT2D eigenvalue weighted by Gasteiger charge is -2.56. The number of carbonyl (C=O) groups is 3. The first-order valence-electron chi connectivity index (χ1n) is 11.9. The van der Waals surface area contributed by atoms with Gasteiger partial charge in [-0.05, 0) is 24.8 Å². The quantitative estimate of drug-likeness (QED) is 0.614. The Bertz CT molecular complexity index is 880. The Labute approximate surface area is 196 Å². The fourth-order valence-electron chi connectivity index (χ4n) is 4.86. The number of hydrazine groups is 1. The highest BCUT2D eigenvalue weighted by Gasteiger charge is 2.51. The maximum Gasteiger partial charge on any atom is 0.334 e. The van der Waals surface area contributed by atoms with Crippen molar-refractivity contribution in [3.63, 3.8) is 0 Å². The van der Waals surface area contributed by atoms with Crippen LogP contribution in [0.2, 0.25) is 0 Å². The highest BCUT2D eigenvalue weighted by molar-refractivity contribution is 5.91. The second-order valence-electron chi connectivity index (χ2n) is 8.56. The molecule has 3 rings (SSSR count). The molecule has 0 unspecified atom stereocenters. The van der Waals surface area contributed by atoms with E-state index in [2.05, 4.69) is 25.1 Å². The third-order valence-corrected chi connectivity index (χ3v) is 6.49. The number of urea groups is 1. The van der Waals surface area contributed by atoms with Crippen molar-refractivity contribution in [2.24, 2.45) is 0 Å². The van der Waals surface area contributed by atoms with Crippen molar-refractivity contribution in [3.8, 4) is 12.3 Å². The molecule has 0 aliphatic carbocycles. The highest BCUT2D eigenvalue weighted by Crippen LogP contribution is 2.30. The van der Waals surface area contributed by atoms with E-state index in [1.165, 1.54) is 0 Å². The number of carbonyl (C=O) groups excluding carboxylic acids is 3. The first-order chi connectivity index (χ1) is 16.0. The summed E-state index contributed by atoms with van der Waals surface area (Å²) in [6.45, 7) is 6.85. The fourth-order valence-corrected chi connectivity index (χ4v) is 4.86. The number of amides is 4. The molecule has 0 saturated carbocycles. The molecule has 8 nitrogen and oxygen atoms in total. The van der Waals surface area contributed by atoms with Crippen LogP contribution < -0.4 is 5.32 Å². The average Bonchev–Trinajstić information content (AvgIpc) is 2.81. The lowest BCUT2D eigenvalue weighted by molar-refractivity contribution is -0.191. The topological polar surface area (TPSA) is 76.2 Å². The molecule has 1 N–H and O–H groups in total. The minimum atomic E-state index is -0.592. The summed E-state index contributed by atoms with van der Waals surface area (Å²) in [7, 11) is 0. The summed E-state index contributed by atoms with van der Waals surface area (Å²) in [5.74, 6) is 2.38. The average molecular weight is 454 g/mol. The summed E-state index contributed by atoms with van der Waals surface area (Å²) >= 11 is 0. The highest BCUT2D eigenvalue weighted by atomic mass is 16.2. The molecule has 1 aromatic rings. The molecule has 0 radical (unpaired) electrons. The van der Waals surface area contributed by atoms with Gasteiger partial charge in [-0.1, -0.05) is 63.4 Å². The molecule has 2 heterocycles. The molecular formula is C25H35N5O3. The van der Waals surface area contributed by atoms with Gasteiger partial charge in [0, 0.05) is 12.6 Å². The largest absolute Gasteiger partial charge is 0.334 e. The number of terminal acetylenes is 1. The molecule has 2 saturated heterocycles. The van der Waals surface area contributed by atoms with Gasteiger partial charge in [-0.2, -0.15) is 5.01 Å². The van der Waals surface area contributed by atoms with Gasteiger partial charge in [0.1, 0.15) is 12.2 Å². The monoisotopic (exact) mass is 453 g/mol. The van der Waals surface area contributed by atoms with Crippen LogP contribution in [0.4, 0.5) is 4.79 Å². The normalized spacial score (nSPS) is 21.2. The standard InChI is InChI=1S/C25H35N5O3/c1-5-12-21-24(32)28(20(7-3)8-4)17-22-29(21)23(31)18-27(15-6-2)30(22)25(33)26-16-19-13-10-9-11-14-19/h2,9-11,13-14,20-22H,5,7-8,12,15-18H2,1,3-4H3,(H,26,33)/t21-,22-/m0/s1. The van der Waals surface area contributed by atoms with Crippen LogP contribution in [0.1, 0.15) is 52.0 Å². The summed E-state index contributed by atoms with van der Waals surface area (Å²) in [4.78, 5) is 43.6. The zero-order valence-electron chi connectivity index (χ0n) is 19.9. The molecule has 1 aromatic carbocycles. The van der Waals surface area contributed by atoms with Gasteiger partial charge in [0.25, 0.3) is 0 Å². The van der Waals surface area contributed by atoms with Crippen LogP contribution in [0, 0.1) is 12.3 Å². The molecule has 2 atom stereocenters. The lowest BCUT2D eigenvalue weighted by Crippen LogP contribution is -2.77. The van der Waals surface area contributed by atoms with Gasteiger partial charge in [0.05, 0.1) is 19.6 Å². The molecule has 2 fully saturated rings. The van der Waals surface area contributed by atoms with Crippen molar-refractivity contribution >= 4 is 17.8 Å². The van der Waals surface area contributed by atoms with Crippen LogP contribution in [0.3, 0.4) is 0 Å². The van der Waals surface area contributed by atoms with Crippen molar-refractivity contribution in [2.75, 3.05) is 19.6 Å². The third kappa shape index (κ3) is 5.14. The van der Waals surface area contributed by atoms with E-state index in [9.17, 15) is 14.4 Å². The Morgan fingerprint density at radius 2 is 1.88 bits per heavy atom. The van der Waals surface area contributed by atoms with Crippen molar-refractivity contribution in [2.45, 2.75) is 71.2 Å². The number of benzene rings is 1. The van der Waals surface area contributed by atoms with E-state index in [4.69, 9.17) is 6.42 Å². The fraction of sp³-hybridized carbons (Fsp3) is 0.560. The second-order valence-corrected chi connectivity index (χ2v) is 8.56. The number of nitrogens with zero attached hydrogens (tertiary/aromatic N) is 4. The summed E-state index contributed by atoms with van der Waals surface area (Å²) in [6.07, 6.45) is 7.94. The molecule has 2 aliphatic rings. The second kappa shape index (κ2) is 11.2. The number of fused-ring (bicyclic) bond motifs is 1. The molecule has 4 amide bonds. The van der Waals surface area contributed by atoms with Crippen LogP contribution in [0.25, 0.3) is 0 Å². The lowest BCUT2D eigenvalue weighted by atomic mass is 9.99. The van der Waals surface area contributed by atoms with Gasteiger partial charge in [-0.25, -0.2) is 9.80 Å². The summed E-state index contributed by atoms with van der Waals surface area (Å²) in [6, 6.07) is 8.81. The Hall–Kier alpha value is -3.05. The predicted octanol–water partition coefficient (Wildman–Crippen LogP) is 2.42. The minimum absolute atomic E-state index is 0.0230. The minimum Gasteiger partial charge on any atom is -0.334 e. The number of hydrogen-bond donors (Lipinski definition) is 1. The van der Waals surface area contributed by atoms with Crippen molar-refractivity contribution in [1.29, 1.82) is 0 Å². The first kappa shape index (κ1) is 24.6. The molecule has 0 bridgehead atoms. The van der Waals surface area contributed by atoms with Gasteiger partial charge in [-0.15, -0.1) is 6.42 Å². The van der Waals surface area contributed by atoms with Crippen LogP contribution >= 0.6 is 0 Å². The molecule has 2 aliphatic heterocycles. The Kier molecular flexibility index (Phi) is 8.34. The maximum absolute atomic E-state index is 13.4. The van der Waals surface area contributed by atoms with E-state index in [-0.39, 0.29) is 43.5 Å². The maximum atomic E-state index is 13.4. The Morgan fingerprint density at radius 1 is 1.18 bits per heavy atom. The van der Waals surface area contributed by atoms with Gasteiger partial charge >= 0.3 is 6.03 Å². The zero-order valence-corrected chi connectivity index (χ0v) is 19.9. The van der Waals surface area contributed by atoms with Crippen LogP contribution in [-0.4, -0.2) is 75.5 Å². The molecule has 0 aromatic heterocycles. The summed E-state index contributed by atoms with van der Waals surface area (Å²) in [5.41, 5.74) is 0.973. The first-order valence-corrected chi connectivity index (χ1v) is 11.9. The molecular weight excluding hydrogens is 418 g/mol. The van der Waals surface area contributed by atoms with E-state index in [1.807, 2.05) is 42.2 Å². The van der Waals surface area contributed by atoms with Crippen LogP contribution in [0.5, 0.6) is 0 Å². The third-order valence-electron chi connectivity index (χ3n) is 6.49. The van der Waals surface area contributed by atoms with E-state index in [1.54, 1.807) is 14.9 Å². The zero-order chi connectivity index (χ0) is 24.0. The Balaban J connectivity index is 1.94. The summed E-state index contributed by atoms with van der Waals surface area (Å²) in [5, 5.41) is 6.15. The van der Waals surface area contributed by atoms with Gasteiger partial charge in [0.2, 0.25) is 11.8 Å². The summed E-state index contributed by atoms with van der Waals surface area (Å²) < 4.78 is 0. The van der Waals surface area contributed by atoms with Crippen molar-refractivity contribution < 1.29 is 14.4 Å². The SMILES string of the molecule is C#CCN1CC(=O)N2[C@@H](CCC)C(=O)N(C(CC)CC)C[C@@H]2N1C(=O)NCc1ccccc1. The van der Waals surface area contributed by atoms with E-state index < -0.39 is 12.2 Å². The molecule has 178 valence electrons. The van der Waals surface area contributed by atoms with Crippen LogP contribution in [-0.2, 0) is 16.1 Å². The number of nitrogens with one attached hydrogen (secondary N) is 1. The van der Waals surface area contributed by atoms with Crippen molar-refractivity contribution in [3.05, 3.63) is 35.9 Å². The predicted molar refractivity (Wildman–Crippen MR) is 126 cm³/mol. The number of rotatable bonds is 8. The van der Waals surface area contributed by atoms with Gasteiger partial charge in [-0.3, -0.25) is 9.59 Å². The smallest absolute Gasteiger partial charge is 0.334 e. The van der Waals surface area contributed by atoms with Crippen LogP contribution in [0.15, 0.2) is 30.3 Å².